The molecule has 0 amide bonds. The molecule has 1 aromatic carbocycles. The van der Waals surface area contributed by atoms with Crippen molar-refractivity contribution >= 4 is 6.29 Å². The summed E-state index contributed by atoms with van der Waals surface area (Å²) < 4.78 is 44.1. The van der Waals surface area contributed by atoms with Gasteiger partial charge in [0.05, 0.1) is 85.9 Å². The van der Waals surface area contributed by atoms with E-state index in [1.807, 2.05) is 0 Å². The Hall–Kier alpha value is -1.59. The van der Waals surface area contributed by atoms with Crippen molar-refractivity contribution in [3.63, 3.8) is 0 Å². The molecule has 0 bridgehead atoms. The van der Waals surface area contributed by atoms with Crippen LogP contribution < -0.4 is 4.74 Å². The second-order valence-corrected chi connectivity index (χ2v) is 9.30. The van der Waals surface area contributed by atoms with Crippen LogP contribution in [0.25, 0.3) is 0 Å². The molecule has 0 radical (unpaired) electrons. The van der Waals surface area contributed by atoms with E-state index >= 15 is 0 Å². The van der Waals surface area contributed by atoms with Gasteiger partial charge in [0.1, 0.15) is 18.6 Å². The molecule has 0 fully saturated rings. The van der Waals surface area contributed by atoms with Crippen LogP contribution in [0.5, 0.6) is 5.75 Å². The number of hydrogen-bond acceptors (Lipinski definition) is 9. The monoisotopic (exact) mass is 570 g/mol. The molecule has 0 aromatic heterocycles. The van der Waals surface area contributed by atoms with Crippen LogP contribution >= 0.6 is 0 Å². The van der Waals surface area contributed by atoms with Gasteiger partial charge in [-0.2, -0.15) is 0 Å². The normalized spacial score (nSPS) is 11.2. The zero-order valence-electron chi connectivity index (χ0n) is 24.8. The second-order valence-electron chi connectivity index (χ2n) is 9.30. The summed E-state index contributed by atoms with van der Waals surface area (Å²) in [5, 5.41) is 0. The number of hydrogen-bond donors (Lipinski definition) is 0. The van der Waals surface area contributed by atoms with Crippen molar-refractivity contribution in [2.75, 3.05) is 99.1 Å². The van der Waals surface area contributed by atoms with Gasteiger partial charge in [0.15, 0.2) is 0 Å². The van der Waals surface area contributed by atoms with Crippen molar-refractivity contribution in [1.29, 1.82) is 0 Å². The lowest BCUT2D eigenvalue weighted by molar-refractivity contribution is -0.0213. The van der Waals surface area contributed by atoms with Crippen LogP contribution in [-0.4, -0.2) is 105 Å². The Bertz CT molecular complexity index is 642. The molecule has 0 saturated heterocycles. The molecule has 0 aliphatic rings. The molecule has 0 spiro atoms. The van der Waals surface area contributed by atoms with Crippen molar-refractivity contribution in [2.45, 2.75) is 58.3 Å². The third-order valence-corrected chi connectivity index (χ3v) is 5.89. The van der Waals surface area contributed by atoms with Gasteiger partial charge in [-0.05, 0) is 30.7 Å². The summed E-state index contributed by atoms with van der Waals surface area (Å²) in [6.45, 7) is 10.5. The molecule has 40 heavy (non-hydrogen) atoms. The van der Waals surface area contributed by atoms with Crippen molar-refractivity contribution in [3.8, 4) is 5.75 Å². The van der Waals surface area contributed by atoms with Crippen molar-refractivity contribution in [1.82, 2.24) is 0 Å². The minimum Gasteiger partial charge on any atom is -0.491 e. The molecule has 0 unspecified atom stereocenters. The molecule has 0 aliphatic heterocycles. The summed E-state index contributed by atoms with van der Waals surface area (Å²) >= 11 is 0. The smallest absolute Gasteiger partial charge is 0.150 e. The average molecular weight is 571 g/mol. The van der Waals surface area contributed by atoms with Gasteiger partial charge in [-0.1, -0.05) is 51.9 Å². The Morgan fingerprint density at radius 2 is 0.800 bits per heavy atom. The highest BCUT2D eigenvalue weighted by molar-refractivity contribution is 5.74. The first kappa shape index (κ1) is 36.4. The van der Waals surface area contributed by atoms with Gasteiger partial charge in [-0.25, -0.2) is 0 Å². The van der Waals surface area contributed by atoms with Crippen LogP contribution in [-0.2, 0) is 33.2 Å². The van der Waals surface area contributed by atoms with E-state index in [0.717, 1.165) is 19.3 Å². The molecule has 232 valence electrons. The molecule has 0 atom stereocenters. The molecule has 9 nitrogen and oxygen atoms in total. The predicted octanol–water partition coefficient (Wildman–Crippen LogP) is 5.13. The van der Waals surface area contributed by atoms with Gasteiger partial charge in [-0.3, -0.25) is 4.79 Å². The minimum absolute atomic E-state index is 0.442. The Kier molecular flexibility index (Phi) is 27.7. The van der Waals surface area contributed by atoms with Gasteiger partial charge in [0.2, 0.25) is 0 Å². The number of rotatable bonds is 32. The molecule has 1 aromatic rings. The van der Waals surface area contributed by atoms with Crippen LogP contribution in [0.15, 0.2) is 24.3 Å². The van der Waals surface area contributed by atoms with Crippen LogP contribution in [0.1, 0.15) is 68.6 Å². The summed E-state index contributed by atoms with van der Waals surface area (Å²) in [6.07, 6.45) is 11.3. The van der Waals surface area contributed by atoms with E-state index in [1.54, 1.807) is 24.3 Å². The van der Waals surface area contributed by atoms with E-state index < -0.39 is 0 Å². The van der Waals surface area contributed by atoms with E-state index in [-0.39, 0.29) is 0 Å². The molecule has 1 rings (SSSR count). The highest BCUT2D eigenvalue weighted by atomic mass is 16.6. The van der Waals surface area contributed by atoms with Crippen LogP contribution in [0.3, 0.4) is 0 Å². The Morgan fingerprint density at radius 1 is 0.450 bits per heavy atom. The standard InChI is InChI=1S/C31H54O9/c1-2-3-4-5-6-7-8-9-14-33-15-16-34-17-18-35-19-20-36-21-22-37-23-24-38-25-26-39-27-28-40-31-12-10-30(29-32)11-13-31/h10-13,29H,2-9,14-28H2,1H3. The van der Waals surface area contributed by atoms with Gasteiger partial charge in [0, 0.05) is 12.2 Å². The molecule has 9 heteroatoms. The van der Waals surface area contributed by atoms with Crippen molar-refractivity contribution in [2.24, 2.45) is 0 Å². The fourth-order valence-electron chi connectivity index (χ4n) is 3.62. The number of carbonyl (C=O) groups is 1. The SMILES string of the molecule is CCCCCCCCCCOCCOCCOCCOCCOCCOCCOCCOc1ccc(C=O)cc1. The topological polar surface area (TPSA) is 90.9 Å². The molecule has 0 N–H and O–H groups in total. The van der Waals surface area contributed by atoms with Crippen molar-refractivity contribution < 1.29 is 42.7 Å². The highest BCUT2D eigenvalue weighted by Crippen LogP contribution is 2.11. The van der Waals surface area contributed by atoms with Crippen LogP contribution in [0.2, 0.25) is 0 Å². The van der Waals surface area contributed by atoms with Gasteiger partial charge in [-0.15, -0.1) is 0 Å². The first-order chi connectivity index (χ1) is 19.9. The largest absolute Gasteiger partial charge is 0.491 e. The van der Waals surface area contributed by atoms with Crippen LogP contribution in [0.4, 0.5) is 0 Å². The average Bonchev–Trinajstić information content (AvgIpc) is 2.98. The maximum atomic E-state index is 10.6. The molecular formula is C31H54O9. The summed E-state index contributed by atoms with van der Waals surface area (Å²) in [5.74, 6) is 0.713. The quantitative estimate of drug-likeness (QED) is 0.0863. The second kappa shape index (κ2) is 30.4. The number of carbonyl (C=O) groups excluding carboxylic acids is 1. The Balaban J connectivity index is 1.65. The first-order valence-corrected chi connectivity index (χ1v) is 15.1. The van der Waals surface area contributed by atoms with E-state index in [0.29, 0.717) is 104 Å². The van der Waals surface area contributed by atoms with Gasteiger partial charge >= 0.3 is 0 Å². The third kappa shape index (κ3) is 25.4. The Morgan fingerprint density at radius 3 is 1.20 bits per heavy atom. The minimum atomic E-state index is 0.442. The fraction of sp³-hybridized carbons (Fsp3) is 0.774. The highest BCUT2D eigenvalue weighted by Gasteiger charge is 1.97. The first-order valence-electron chi connectivity index (χ1n) is 15.1. The zero-order chi connectivity index (χ0) is 28.6. The summed E-state index contributed by atoms with van der Waals surface area (Å²) in [7, 11) is 0. The maximum Gasteiger partial charge on any atom is 0.150 e. The van der Waals surface area contributed by atoms with Gasteiger partial charge < -0.3 is 37.9 Å². The predicted molar refractivity (Wildman–Crippen MR) is 156 cm³/mol. The van der Waals surface area contributed by atoms with Crippen molar-refractivity contribution in [3.05, 3.63) is 29.8 Å². The number of benzene rings is 1. The molecule has 0 saturated carbocycles. The Labute approximate surface area is 242 Å². The van der Waals surface area contributed by atoms with E-state index in [9.17, 15) is 4.79 Å². The van der Waals surface area contributed by atoms with Crippen LogP contribution in [0, 0.1) is 0 Å². The van der Waals surface area contributed by atoms with E-state index in [1.165, 1.54) is 44.9 Å². The fourth-order valence-corrected chi connectivity index (χ4v) is 3.62. The van der Waals surface area contributed by atoms with E-state index in [2.05, 4.69) is 6.92 Å². The molecule has 0 aliphatic carbocycles. The lowest BCUT2D eigenvalue weighted by Gasteiger charge is -2.09. The lowest BCUT2D eigenvalue weighted by atomic mass is 10.1. The number of aldehydes is 1. The number of unbranched alkanes of at least 4 members (excludes halogenated alkanes) is 7. The summed E-state index contributed by atoms with van der Waals surface area (Å²) in [4.78, 5) is 10.6. The number of ether oxygens (including phenoxy) is 8. The zero-order valence-corrected chi connectivity index (χ0v) is 24.8. The molecule has 0 heterocycles. The maximum absolute atomic E-state index is 10.6. The lowest BCUT2D eigenvalue weighted by Crippen LogP contribution is -2.15. The summed E-state index contributed by atoms with van der Waals surface area (Å²) in [6, 6.07) is 6.96. The third-order valence-electron chi connectivity index (χ3n) is 5.89. The summed E-state index contributed by atoms with van der Waals surface area (Å²) in [5.41, 5.74) is 0.625. The van der Waals surface area contributed by atoms with E-state index in [4.69, 9.17) is 37.9 Å². The van der Waals surface area contributed by atoms with Gasteiger partial charge in [0.25, 0.3) is 0 Å². The molecular weight excluding hydrogens is 516 g/mol.